The summed E-state index contributed by atoms with van der Waals surface area (Å²) in [4.78, 5) is 10.5. The molecule has 1 fully saturated rings. The van der Waals surface area contributed by atoms with Crippen molar-refractivity contribution in [1.29, 1.82) is 0 Å². The van der Waals surface area contributed by atoms with Crippen LogP contribution in [-0.2, 0) is 0 Å². The van der Waals surface area contributed by atoms with Crippen LogP contribution in [0.3, 0.4) is 0 Å². The molecule has 1 saturated carbocycles. The van der Waals surface area contributed by atoms with E-state index in [-0.39, 0.29) is 6.04 Å². The summed E-state index contributed by atoms with van der Waals surface area (Å²) in [6.07, 6.45) is -2.12. The zero-order valence-corrected chi connectivity index (χ0v) is 6.24. The normalized spacial score (nSPS) is 18.2. The molecule has 0 aromatic rings. The van der Waals surface area contributed by atoms with Crippen molar-refractivity contribution < 1.29 is 18.0 Å². The highest BCUT2D eigenvalue weighted by Crippen LogP contribution is 2.18. The maximum Gasteiger partial charge on any atom is 0.485 e. The highest BCUT2D eigenvalue weighted by Gasteiger charge is 2.31. The highest BCUT2D eigenvalue weighted by molar-refractivity contribution is 5.74. The van der Waals surface area contributed by atoms with Crippen LogP contribution in [0.1, 0.15) is 19.3 Å². The van der Waals surface area contributed by atoms with E-state index in [9.17, 15) is 18.0 Å². The molecule has 0 heterocycles. The summed E-state index contributed by atoms with van der Waals surface area (Å²) in [7, 11) is 0. The predicted octanol–water partition coefficient (Wildman–Crippen LogP) is 1.36. The Kier molecular flexibility index (Phi) is 2.44. The molecule has 1 rings (SSSR count). The van der Waals surface area contributed by atoms with E-state index in [0.29, 0.717) is 0 Å². The van der Waals surface area contributed by atoms with Gasteiger partial charge in [0.1, 0.15) is 0 Å². The minimum Gasteiger partial charge on any atom is -0.335 e. The standard InChI is InChI=1S/C6H9F3N2O/c7-6(8,9)11-5(12)10-4-2-1-3-4/h4H,1-3H2,(H2,10,11,12). The number of carbonyl (C=O) groups excluding carboxylic acids is 1. The number of hydrogen-bond acceptors (Lipinski definition) is 1. The second-order valence-corrected chi connectivity index (χ2v) is 2.72. The minimum atomic E-state index is -4.63. The number of hydrogen-bond donors (Lipinski definition) is 2. The summed E-state index contributed by atoms with van der Waals surface area (Å²) in [5.41, 5.74) is 0. The third-order valence-electron chi connectivity index (χ3n) is 1.70. The number of urea groups is 1. The van der Waals surface area contributed by atoms with Gasteiger partial charge in [-0.1, -0.05) is 0 Å². The zero-order valence-electron chi connectivity index (χ0n) is 6.24. The van der Waals surface area contributed by atoms with E-state index in [1.54, 1.807) is 0 Å². The molecule has 12 heavy (non-hydrogen) atoms. The van der Waals surface area contributed by atoms with E-state index in [4.69, 9.17) is 0 Å². The fraction of sp³-hybridized carbons (Fsp3) is 0.833. The fourth-order valence-electron chi connectivity index (χ4n) is 0.903. The van der Waals surface area contributed by atoms with Crippen LogP contribution in [0.15, 0.2) is 0 Å². The molecule has 0 bridgehead atoms. The Balaban J connectivity index is 2.19. The number of halogens is 3. The SMILES string of the molecule is O=C(NC1CCC1)NC(F)(F)F. The van der Waals surface area contributed by atoms with Crippen molar-refractivity contribution in [1.82, 2.24) is 10.6 Å². The lowest BCUT2D eigenvalue weighted by molar-refractivity contribution is -0.145. The first-order valence-corrected chi connectivity index (χ1v) is 3.63. The molecule has 0 radical (unpaired) electrons. The van der Waals surface area contributed by atoms with E-state index in [0.717, 1.165) is 24.6 Å². The van der Waals surface area contributed by atoms with Crippen LogP contribution >= 0.6 is 0 Å². The molecule has 2 N–H and O–H groups in total. The second-order valence-electron chi connectivity index (χ2n) is 2.72. The maximum absolute atomic E-state index is 11.5. The smallest absolute Gasteiger partial charge is 0.335 e. The molecule has 70 valence electrons. The summed E-state index contributed by atoms with van der Waals surface area (Å²) in [6, 6.07) is -1.24. The lowest BCUT2D eigenvalue weighted by atomic mass is 9.93. The fourth-order valence-corrected chi connectivity index (χ4v) is 0.903. The molecule has 1 aliphatic rings. The van der Waals surface area contributed by atoms with Gasteiger partial charge in [-0.2, -0.15) is 13.2 Å². The lowest BCUT2D eigenvalue weighted by Crippen LogP contribution is -2.49. The third-order valence-corrected chi connectivity index (χ3v) is 1.70. The van der Waals surface area contributed by atoms with Crippen molar-refractivity contribution in [2.45, 2.75) is 31.6 Å². The molecule has 0 saturated heterocycles. The van der Waals surface area contributed by atoms with Crippen molar-refractivity contribution in [3.8, 4) is 0 Å². The Hall–Kier alpha value is -0.940. The van der Waals surface area contributed by atoms with Crippen LogP contribution in [0.2, 0.25) is 0 Å². The molecular formula is C6H9F3N2O. The summed E-state index contributed by atoms with van der Waals surface area (Å²) in [5, 5.41) is 3.07. The van der Waals surface area contributed by atoms with Gasteiger partial charge in [0.25, 0.3) is 0 Å². The van der Waals surface area contributed by atoms with Crippen LogP contribution in [0, 0.1) is 0 Å². The second kappa shape index (κ2) is 3.20. The van der Waals surface area contributed by atoms with Gasteiger partial charge in [0.05, 0.1) is 0 Å². The topological polar surface area (TPSA) is 41.1 Å². The monoisotopic (exact) mass is 182 g/mol. The lowest BCUT2D eigenvalue weighted by Gasteiger charge is -2.26. The summed E-state index contributed by atoms with van der Waals surface area (Å²) >= 11 is 0. The molecule has 3 nitrogen and oxygen atoms in total. The van der Waals surface area contributed by atoms with Crippen molar-refractivity contribution >= 4 is 6.03 Å². The third kappa shape index (κ3) is 2.98. The molecule has 0 aromatic heterocycles. The average Bonchev–Trinajstić information content (AvgIpc) is 1.74. The Bertz CT molecular complexity index is 176. The molecular weight excluding hydrogens is 173 g/mol. The minimum absolute atomic E-state index is 0.0765. The summed E-state index contributed by atoms with van der Waals surface area (Å²) in [6.45, 7) is 0. The quantitative estimate of drug-likeness (QED) is 0.590. The van der Waals surface area contributed by atoms with E-state index >= 15 is 0 Å². The average molecular weight is 182 g/mol. The summed E-state index contributed by atoms with van der Waals surface area (Å²) < 4.78 is 34.5. The molecule has 0 atom stereocenters. The first-order chi connectivity index (χ1) is 5.47. The number of rotatable bonds is 1. The van der Waals surface area contributed by atoms with Gasteiger partial charge in [0, 0.05) is 6.04 Å². The zero-order chi connectivity index (χ0) is 9.19. The first kappa shape index (κ1) is 9.15. The summed E-state index contributed by atoms with van der Waals surface area (Å²) in [5.74, 6) is 0. The molecule has 0 aliphatic heterocycles. The van der Waals surface area contributed by atoms with Crippen LogP contribution in [0.4, 0.5) is 18.0 Å². The van der Waals surface area contributed by atoms with Crippen LogP contribution < -0.4 is 10.6 Å². The molecule has 1 aliphatic carbocycles. The molecule has 6 heteroatoms. The van der Waals surface area contributed by atoms with Crippen molar-refractivity contribution in [2.75, 3.05) is 0 Å². The Labute approximate surface area is 67.3 Å². The molecule has 0 spiro atoms. The Morgan fingerprint density at radius 3 is 2.25 bits per heavy atom. The first-order valence-electron chi connectivity index (χ1n) is 3.63. The van der Waals surface area contributed by atoms with E-state index < -0.39 is 12.3 Å². The predicted molar refractivity (Wildman–Crippen MR) is 35.4 cm³/mol. The van der Waals surface area contributed by atoms with Gasteiger partial charge in [-0.3, -0.25) is 0 Å². The van der Waals surface area contributed by atoms with Gasteiger partial charge in [-0.15, -0.1) is 0 Å². The largest absolute Gasteiger partial charge is 0.485 e. The van der Waals surface area contributed by atoms with Crippen molar-refractivity contribution in [2.24, 2.45) is 0 Å². The van der Waals surface area contributed by atoms with Gasteiger partial charge in [-0.05, 0) is 19.3 Å². The number of amides is 2. The van der Waals surface area contributed by atoms with Crippen molar-refractivity contribution in [3.63, 3.8) is 0 Å². The number of alkyl halides is 3. The molecule has 0 unspecified atom stereocenters. The molecule has 0 aromatic carbocycles. The number of nitrogens with one attached hydrogen (secondary N) is 2. The van der Waals surface area contributed by atoms with Gasteiger partial charge in [-0.25, -0.2) is 10.1 Å². The Morgan fingerprint density at radius 1 is 1.33 bits per heavy atom. The van der Waals surface area contributed by atoms with Crippen LogP contribution in [0.5, 0.6) is 0 Å². The Morgan fingerprint density at radius 2 is 1.92 bits per heavy atom. The van der Waals surface area contributed by atoms with Crippen LogP contribution in [0.25, 0.3) is 0 Å². The van der Waals surface area contributed by atoms with Gasteiger partial charge >= 0.3 is 12.3 Å². The van der Waals surface area contributed by atoms with E-state index in [1.807, 2.05) is 0 Å². The maximum atomic E-state index is 11.5. The van der Waals surface area contributed by atoms with Crippen LogP contribution in [-0.4, -0.2) is 18.4 Å². The number of carbonyl (C=O) groups is 1. The highest BCUT2D eigenvalue weighted by atomic mass is 19.4. The van der Waals surface area contributed by atoms with Gasteiger partial charge in [0.15, 0.2) is 0 Å². The van der Waals surface area contributed by atoms with Gasteiger partial charge < -0.3 is 5.32 Å². The molecule has 2 amide bonds. The van der Waals surface area contributed by atoms with Crippen molar-refractivity contribution in [3.05, 3.63) is 0 Å². The van der Waals surface area contributed by atoms with Gasteiger partial charge in [0.2, 0.25) is 0 Å². The van der Waals surface area contributed by atoms with E-state index in [1.165, 1.54) is 0 Å². The van der Waals surface area contributed by atoms with E-state index in [2.05, 4.69) is 5.32 Å².